The Morgan fingerprint density at radius 1 is 1.56 bits per heavy atom. The van der Waals surface area contributed by atoms with Gasteiger partial charge in [-0.15, -0.1) is 0 Å². The Labute approximate surface area is 93.3 Å². The van der Waals surface area contributed by atoms with Crippen LogP contribution in [0.1, 0.15) is 36.4 Å². The van der Waals surface area contributed by atoms with E-state index >= 15 is 0 Å². The number of fused-ring (bicyclic) bond motifs is 1. The average Bonchev–Trinajstić information content (AvgIpc) is 2.88. The molecule has 3 heterocycles. The highest BCUT2D eigenvalue weighted by atomic mass is 16.3. The quantitative estimate of drug-likeness (QED) is 0.823. The van der Waals surface area contributed by atoms with Crippen molar-refractivity contribution in [3.05, 3.63) is 35.8 Å². The molecule has 16 heavy (non-hydrogen) atoms. The largest absolute Gasteiger partial charge is 0.469 e. The van der Waals surface area contributed by atoms with Gasteiger partial charge in [0.1, 0.15) is 17.8 Å². The summed E-state index contributed by atoms with van der Waals surface area (Å²) in [6.45, 7) is 0. The van der Waals surface area contributed by atoms with Crippen molar-refractivity contribution < 1.29 is 4.42 Å². The number of rotatable bonds is 2. The molecule has 1 unspecified atom stereocenters. The van der Waals surface area contributed by atoms with E-state index < -0.39 is 0 Å². The Balaban J connectivity index is 1.87. The molecule has 3 rings (SSSR count). The zero-order chi connectivity index (χ0) is 11.0. The summed E-state index contributed by atoms with van der Waals surface area (Å²) in [5, 5.41) is 4.43. The summed E-state index contributed by atoms with van der Waals surface area (Å²) >= 11 is 0. The Bertz CT molecular complexity index is 474. The fourth-order valence-electron chi connectivity index (χ4n) is 2.08. The number of nitrogens with two attached hydrogens (primary N) is 1. The number of aryl methyl sites for hydroxylation is 1. The van der Waals surface area contributed by atoms with E-state index in [-0.39, 0.29) is 6.17 Å². The van der Waals surface area contributed by atoms with Crippen LogP contribution < -0.4 is 5.73 Å². The fourth-order valence-corrected chi connectivity index (χ4v) is 2.08. The molecule has 0 spiro atoms. The summed E-state index contributed by atoms with van der Waals surface area (Å²) in [4.78, 5) is 4.49. The van der Waals surface area contributed by atoms with Crippen LogP contribution >= 0.6 is 0 Å². The molecule has 0 aromatic carbocycles. The lowest BCUT2D eigenvalue weighted by atomic mass is 10.1. The second kappa shape index (κ2) is 3.75. The van der Waals surface area contributed by atoms with Crippen molar-refractivity contribution in [3.63, 3.8) is 0 Å². The van der Waals surface area contributed by atoms with Crippen molar-refractivity contribution in [1.29, 1.82) is 0 Å². The summed E-state index contributed by atoms with van der Waals surface area (Å²) in [6.07, 6.45) is 5.34. The smallest absolute Gasteiger partial charge is 0.158 e. The van der Waals surface area contributed by atoms with Crippen LogP contribution in [0, 0.1) is 0 Å². The van der Waals surface area contributed by atoms with E-state index in [0.717, 1.165) is 36.7 Å². The highest BCUT2D eigenvalue weighted by Crippen LogP contribution is 2.19. The van der Waals surface area contributed by atoms with Crippen LogP contribution in [0.3, 0.4) is 0 Å². The van der Waals surface area contributed by atoms with Crippen LogP contribution in [0.5, 0.6) is 0 Å². The molecule has 5 nitrogen and oxygen atoms in total. The lowest BCUT2D eigenvalue weighted by Crippen LogP contribution is -2.25. The lowest BCUT2D eigenvalue weighted by Gasteiger charge is -2.18. The predicted octanol–water partition coefficient (Wildman–Crippen LogP) is 1.26. The summed E-state index contributed by atoms with van der Waals surface area (Å²) in [5.41, 5.74) is 5.97. The molecule has 2 aromatic heterocycles. The van der Waals surface area contributed by atoms with Gasteiger partial charge in [-0.1, -0.05) is 0 Å². The highest BCUT2D eigenvalue weighted by Gasteiger charge is 2.20. The van der Waals surface area contributed by atoms with E-state index in [1.807, 2.05) is 16.8 Å². The van der Waals surface area contributed by atoms with Crippen molar-refractivity contribution in [2.75, 3.05) is 0 Å². The minimum atomic E-state index is -0.0124. The SMILES string of the molecule is NC1CCCc2nc(Cc3ccco3)nn21. The molecule has 1 aliphatic rings. The number of hydrogen-bond donors (Lipinski definition) is 1. The van der Waals surface area contributed by atoms with Crippen LogP contribution in [-0.2, 0) is 12.8 Å². The van der Waals surface area contributed by atoms with Crippen molar-refractivity contribution in [2.24, 2.45) is 5.73 Å². The van der Waals surface area contributed by atoms with E-state index in [0.29, 0.717) is 6.42 Å². The zero-order valence-electron chi connectivity index (χ0n) is 8.97. The van der Waals surface area contributed by atoms with Gasteiger partial charge in [-0.05, 0) is 25.0 Å². The molecular weight excluding hydrogens is 204 g/mol. The van der Waals surface area contributed by atoms with Gasteiger partial charge < -0.3 is 10.2 Å². The number of nitrogens with zero attached hydrogens (tertiary/aromatic N) is 3. The molecule has 1 aliphatic heterocycles. The fraction of sp³-hybridized carbons (Fsp3) is 0.455. The molecule has 0 radical (unpaired) electrons. The van der Waals surface area contributed by atoms with Gasteiger partial charge in [-0.2, -0.15) is 5.10 Å². The first kappa shape index (κ1) is 9.59. The van der Waals surface area contributed by atoms with E-state index in [2.05, 4.69) is 10.1 Å². The minimum absolute atomic E-state index is 0.0124. The summed E-state index contributed by atoms with van der Waals surface area (Å²) in [5.74, 6) is 2.68. The monoisotopic (exact) mass is 218 g/mol. The Kier molecular flexibility index (Phi) is 2.25. The van der Waals surface area contributed by atoms with E-state index in [4.69, 9.17) is 10.2 Å². The van der Waals surface area contributed by atoms with Gasteiger partial charge in [0.2, 0.25) is 0 Å². The Morgan fingerprint density at radius 2 is 2.50 bits per heavy atom. The van der Waals surface area contributed by atoms with Gasteiger partial charge in [0.05, 0.1) is 12.7 Å². The van der Waals surface area contributed by atoms with E-state index in [1.165, 1.54) is 0 Å². The maximum Gasteiger partial charge on any atom is 0.158 e. The molecule has 0 fully saturated rings. The van der Waals surface area contributed by atoms with Gasteiger partial charge in [-0.3, -0.25) is 0 Å². The summed E-state index contributed by atoms with van der Waals surface area (Å²) in [6, 6.07) is 3.80. The number of hydrogen-bond acceptors (Lipinski definition) is 4. The maximum absolute atomic E-state index is 5.97. The maximum atomic E-state index is 5.97. The third-order valence-corrected chi connectivity index (χ3v) is 2.87. The molecule has 5 heteroatoms. The molecule has 84 valence electrons. The number of aromatic nitrogens is 3. The van der Waals surface area contributed by atoms with Crippen LogP contribution in [-0.4, -0.2) is 14.8 Å². The van der Waals surface area contributed by atoms with Crippen molar-refractivity contribution in [2.45, 2.75) is 31.8 Å². The van der Waals surface area contributed by atoms with Gasteiger partial charge in [0.15, 0.2) is 5.82 Å². The minimum Gasteiger partial charge on any atom is -0.469 e. The van der Waals surface area contributed by atoms with Crippen LogP contribution in [0.4, 0.5) is 0 Å². The molecule has 0 aliphatic carbocycles. The van der Waals surface area contributed by atoms with E-state index in [9.17, 15) is 0 Å². The normalized spacial score (nSPS) is 19.7. The molecule has 2 N–H and O–H groups in total. The summed E-state index contributed by atoms with van der Waals surface area (Å²) in [7, 11) is 0. The van der Waals surface area contributed by atoms with Gasteiger partial charge in [0.25, 0.3) is 0 Å². The van der Waals surface area contributed by atoms with E-state index in [1.54, 1.807) is 6.26 Å². The zero-order valence-corrected chi connectivity index (χ0v) is 8.97. The van der Waals surface area contributed by atoms with Crippen LogP contribution in [0.2, 0.25) is 0 Å². The second-order valence-corrected chi connectivity index (χ2v) is 4.10. The molecule has 0 saturated carbocycles. The van der Waals surface area contributed by atoms with Crippen molar-refractivity contribution in [1.82, 2.24) is 14.8 Å². The lowest BCUT2D eigenvalue weighted by molar-refractivity contribution is 0.371. The molecular formula is C11H14N4O. The average molecular weight is 218 g/mol. The van der Waals surface area contributed by atoms with Gasteiger partial charge in [-0.25, -0.2) is 9.67 Å². The van der Waals surface area contributed by atoms with Gasteiger partial charge in [0, 0.05) is 6.42 Å². The standard InChI is InChI=1S/C11H14N4O/c12-9-4-1-5-11-13-10(14-15(9)11)7-8-3-2-6-16-8/h2-3,6,9H,1,4-5,7,12H2. The first-order valence-corrected chi connectivity index (χ1v) is 5.55. The Hall–Kier alpha value is -1.62. The molecule has 0 amide bonds. The first-order chi connectivity index (χ1) is 7.83. The highest BCUT2D eigenvalue weighted by molar-refractivity contribution is 5.07. The molecule has 0 bridgehead atoms. The first-order valence-electron chi connectivity index (χ1n) is 5.55. The molecule has 0 saturated heterocycles. The topological polar surface area (TPSA) is 69.9 Å². The third-order valence-electron chi connectivity index (χ3n) is 2.87. The summed E-state index contributed by atoms with van der Waals surface area (Å²) < 4.78 is 7.12. The molecule has 2 aromatic rings. The van der Waals surface area contributed by atoms with Crippen LogP contribution in [0.25, 0.3) is 0 Å². The van der Waals surface area contributed by atoms with Crippen LogP contribution in [0.15, 0.2) is 22.8 Å². The van der Waals surface area contributed by atoms with Gasteiger partial charge >= 0.3 is 0 Å². The molecule has 1 atom stereocenters. The Morgan fingerprint density at radius 3 is 3.25 bits per heavy atom. The van der Waals surface area contributed by atoms with Crippen molar-refractivity contribution >= 4 is 0 Å². The predicted molar refractivity (Wildman–Crippen MR) is 57.7 cm³/mol. The van der Waals surface area contributed by atoms with Crippen molar-refractivity contribution in [3.8, 4) is 0 Å². The third kappa shape index (κ3) is 1.63. The number of furan rings is 1. The second-order valence-electron chi connectivity index (χ2n) is 4.10.